The highest BCUT2D eigenvalue weighted by Gasteiger charge is 2.37. The summed E-state index contributed by atoms with van der Waals surface area (Å²) in [5.41, 5.74) is 2.06. The van der Waals surface area contributed by atoms with Crippen molar-refractivity contribution >= 4 is 17.6 Å². The number of hydrogen-bond acceptors (Lipinski definition) is 7. The summed E-state index contributed by atoms with van der Waals surface area (Å²) in [6.07, 6.45) is 2.45. The summed E-state index contributed by atoms with van der Waals surface area (Å²) in [6.45, 7) is 9.66. The number of carbonyl (C=O) groups excluding carboxylic acids is 2. The van der Waals surface area contributed by atoms with Crippen molar-refractivity contribution in [2.45, 2.75) is 38.8 Å². The van der Waals surface area contributed by atoms with E-state index < -0.39 is 11.6 Å². The van der Waals surface area contributed by atoms with E-state index in [0.717, 1.165) is 30.1 Å². The number of ether oxygens (including phenoxy) is 3. The number of nitrogens with zero attached hydrogens (tertiary/aromatic N) is 5. The van der Waals surface area contributed by atoms with Gasteiger partial charge < -0.3 is 29.0 Å². The Kier molecular flexibility index (Phi) is 9.36. The van der Waals surface area contributed by atoms with Crippen molar-refractivity contribution in [1.29, 1.82) is 0 Å². The molecule has 0 spiro atoms. The van der Waals surface area contributed by atoms with Crippen molar-refractivity contribution in [1.82, 2.24) is 24.7 Å². The molecule has 4 rings (SSSR count). The van der Waals surface area contributed by atoms with E-state index in [4.69, 9.17) is 19.3 Å². The van der Waals surface area contributed by atoms with Gasteiger partial charge in [0.15, 0.2) is 0 Å². The molecule has 2 aliphatic heterocycles. The SMILES string of the molecule is COc1ccc(OC)c([C@H]2CC(c3cccn3C)=NN2C(=O)CN(CCN2CCOCC2)C(=O)NC(C)(C)C)c1. The Hall–Kier alpha value is -3.57. The van der Waals surface area contributed by atoms with Crippen molar-refractivity contribution in [2.75, 3.05) is 60.2 Å². The first kappa shape index (κ1) is 29.4. The maximum absolute atomic E-state index is 14.0. The molecule has 218 valence electrons. The zero-order valence-electron chi connectivity index (χ0n) is 24.5. The standard InChI is InChI=1S/C29H42N6O5/c1-29(2,3)30-28(37)34(13-12-33-14-16-40-17-15-33)20-27(36)35-25(19-23(31-35)24-8-7-11-32(24)4)22-18-21(38-5)9-10-26(22)39-6/h7-11,18,25H,12-17,19-20H2,1-6H3,(H,30,37)/t25-/m1/s1. The van der Waals surface area contributed by atoms with Crippen LogP contribution in [0, 0.1) is 0 Å². The van der Waals surface area contributed by atoms with E-state index in [2.05, 4.69) is 10.2 Å². The van der Waals surface area contributed by atoms with Crippen LogP contribution in [0.2, 0.25) is 0 Å². The Morgan fingerprint density at radius 1 is 1.15 bits per heavy atom. The first-order valence-corrected chi connectivity index (χ1v) is 13.7. The molecule has 0 bridgehead atoms. The number of benzene rings is 1. The van der Waals surface area contributed by atoms with Crippen LogP contribution in [0.5, 0.6) is 11.5 Å². The number of carbonyl (C=O) groups is 2. The number of aryl methyl sites for hydroxylation is 1. The van der Waals surface area contributed by atoms with E-state index in [1.165, 1.54) is 5.01 Å². The quantitative estimate of drug-likeness (QED) is 0.512. The summed E-state index contributed by atoms with van der Waals surface area (Å²) < 4.78 is 18.6. The molecule has 1 aromatic carbocycles. The van der Waals surface area contributed by atoms with E-state index in [1.54, 1.807) is 19.1 Å². The molecule has 2 aromatic rings. The number of methoxy groups -OCH3 is 2. The molecule has 0 saturated carbocycles. The summed E-state index contributed by atoms with van der Waals surface area (Å²) in [5.74, 6) is 1.03. The first-order chi connectivity index (χ1) is 19.1. The summed E-state index contributed by atoms with van der Waals surface area (Å²) >= 11 is 0. The highest BCUT2D eigenvalue weighted by atomic mass is 16.5. The van der Waals surface area contributed by atoms with Gasteiger partial charge in [0, 0.05) is 56.9 Å². The first-order valence-electron chi connectivity index (χ1n) is 13.7. The number of morpholine rings is 1. The van der Waals surface area contributed by atoms with Gasteiger partial charge in [-0.1, -0.05) is 0 Å². The lowest BCUT2D eigenvalue weighted by Crippen LogP contribution is -2.53. The third-order valence-electron chi connectivity index (χ3n) is 7.09. The lowest BCUT2D eigenvalue weighted by Gasteiger charge is -2.33. The fraction of sp³-hybridized carbons (Fsp3) is 0.552. The Morgan fingerprint density at radius 2 is 1.90 bits per heavy atom. The predicted molar refractivity (Wildman–Crippen MR) is 153 cm³/mol. The maximum atomic E-state index is 14.0. The van der Waals surface area contributed by atoms with Crippen molar-refractivity contribution in [2.24, 2.45) is 12.1 Å². The smallest absolute Gasteiger partial charge is 0.318 e. The molecule has 40 heavy (non-hydrogen) atoms. The van der Waals surface area contributed by atoms with Crippen molar-refractivity contribution in [3.8, 4) is 11.5 Å². The van der Waals surface area contributed by atoms with Gasteiger partial charge in [0.25, 0.3) is 5.91 Å². The van der Waals surface area contributed by atoms with Gasteiger partial charge in [0.1, 0.15) is 18.0 Å². The molecule has 11 heteroatoms. The molecule has 0 unspecified atom stereocenters. The normalized spacial score (nSPS) is 17.9. The van der Waals surface area contributed by atoms with E-state index in [0.29, 0.717) is 44.2 Å². The summed E-state index contributed by atoms with van der Waals surface area (Å²) in [4.78, 5) is 31.2. The maximum Gasteiger partial charge on any atom is 0.318 e. The number of nitrogens with one attached hydrogen (secondary N) is 1. The van der Waals surface area contributed by atoms with E-state index >= 15 is 0 Å². The highest BCUT2D eigenvalue weighted by Crippen LogP contribution is 2.39. The molecule has 3 heterocycles. The number of amides is 3. The molecule has 0 aliphatic carbocycles. The second-order valence-electron chi connectivity index (χ2n) is 11.2. The Balaban J connectivity index is 1.63. The van der Waals surface area contributed by atoms with Crippen molar-refractivity contribution < 1.29 is 23.8 Å². The number of aromatic nitrogens is 1. The second-order valence-corrected chi connectivity index (χ2v) is 11.2. The molecule has 1 N–H and O–H groups in total. The van der Waals surface area contributed by atoms with E-state index in [1.807, 2.05) is 68.9 Å². The number of hydrazone groups is 1. The fourth-order valence-electron chi connectivity index (χ4n) is 4.97. The minimum absolute atomic E-state index is 0.112. The third-order valence-corrected chi connectivity index (χ3v) is 7.09. The van der Waals surface area contributed by atoms with Gasteiger partial charge in [-0.2, -0.15) is 5.10 Å². The lowest BCUT2D eigenvalue weighted by molar-refractivity contribution is -0.133. The summed E-state index contributed by atoms with van der Waals surface area (Å²) in [5, 5.41) is 9.34. The van der Waals surface area contributed by atoms with Crippen LogP contribution >= 0.6 is 0 Å². The van der Waals surface area contributed by atoms with Crippen LogP contribution in [0.3, 0.4) is 0 Å². The molecular weight excluding hydrogens is 512 g/mol. The van der Waals surface area contributed by atoms with Gasteiger partial charge in [0.2, 0.25) is 0 Å². The van der Waals surface area contributed by atoms with Crippen LogP contribution in [-0.2, 0) is 16.6 Å². The van der Waals surface area contributed by atoms with Gasteiger partial charge in [0.05, 0.1) is 44.9 Å². The van der Waals surface area contributed by atoms with E-state index in [-0.39, 0.29) is 18.5 Å². The largest absolute Gasteiger partial charge is 0.497 e. The van der Waals surface area contributed by atoms with Gasteiger partial charge >= 0.3 is 6.03 Å². The minimum Gasteiger partial charge on any atom is -0.497 e. The average Bonchev–Trinajstić information content (AvgIpc) is 3.56. The molecule has 1 fully saturated rings. The highest BCUT2D eigenvalue weighted by molar-refractivity contribution is 6.02. The average molecular weight is 555 g/mol. The zero-order chi connectivity index (χ0) is 28.9. The summed E-state index contributed by atoms with van der Waals surface area (Å²) in [7, 11) is 5.17. The minimum atomic E-state index is -0.445. The molecule has 2 aliphatic rings. The van der Waals surface area contributed by atoms with Crippen LogP contribution in [0.15, 0.2) is 41.6 Å². The van der Waals surface area contributed by atoms with Crippen LogP contribution in [0.1, 0.15) is 44.5 Å². The zero-order valence-corrected chi connectivity index (χ0v) is 24.5. The predicted octanol–water partition coefficient (Wildman–Crippen LogP) is 2.86. The number of hydrogen-bond donors (Lipinski definition) is 1. The van der Waals surface area contributed by atoms with Crippen LogP contribution in [0.25, 0.3) is 0 Å². The van der Waals surface area contributed by atoms with Gasteiger partial charge in [-0.3, -0.25) is 9.69 Å². The monoisotopic (exact) mass is 554 g/mol. The number of rotatable bonds is 9. The van der Waals surface area contributed by atoms with Gasteiger partial charge in [-0.15, -0.1) is 0 Å². The number of urea groups is 1. The Morgan fingerprint density at radius 3 is 2.52 bits per heavy atom. The molecule has 11 nitrogen and oxygen atoms in total. The fourth-order valence-corrected chi connectivity index (χ4v) is 4.97. The Bertz CT molecular complexity index is 1210. The molecular formula is C29H42N6O5. The summed E-state index contributed by atoms with van der Waals surface area (Å²) in [6, 6.07) is 8.78. The van der Waals surface area contributed by atoms with Gasteiger partial charge in [-0.25, -0.2) is 9.80 Å². The van der Waals surface area contributed by atoms with Crippen LogP contribution < -0.4 is 14.8 Å². The molecule has 1 aromatic heterocycles. The van der Waals surface area contributed by atoms with E-state index in [9.17, 15) is 9.59 Å². The molecule has 1 saturated heterocycles. The second kappa shape index (κ2) is 12.7. The molecule has 0 radical (unpaired) electrons. The topological polar surface area (TPSA) is 101 Å². The van der Waals surface area contributed by atoms with Crippen molar-refractivity contribution in [3.63, 3.8) is 0 Å². The Labute approximate surface area is 236 Å². The molecule has 1 atom stereocenters. The van der Waals surface area contributed by atoms with Crippen molar-refractivity contribution in [3.05, 3.63) is 47.8 Å². The van der Waals surface area contributed by atoms with Crippen LogP contribution in [0.4, 0.5) is 4.79 Å². The third kappa shape index (κ3) is 7.14. The lowest BCUT2D eigenvalue weighted by atomic mass is 9.99. The van der Waals surface area contributed by atoms with Gasteiger partial charge in [-0.05, 0) is 51.1 Å². The van der Waals surface area contributed by atoms with Crippen LogP contribution in [-0.4, -0.2) is 103 Å². The molecule has 3 amide bonds.